The van der Waals surface area contributed by atoms with Crippen molar-refractivity contribution in [2.45, 2.75) is 19.5 Å². The minimum atomic E-state index is -4.08. The molecule has 118 valence electrons. The van der Waals surface area contributed by atoms with E-state index in [1.165, 1.54) is 0 Å². The Morgan fingerprint density at radius 2 is 1.73 bits per heavy atom. The molecule has 4 nitrogen and oxygen atoms in total. The molecule has 0 bridgehead atoms. The Labute approximate surface area is 134 Å². The fourth-order valence-electron chi connectivity index (χ4n) is 2.19. The van der Waals surface area contributed by atoms with E-state index in [9.17, 15) is 4.57 Å². The van der Waals surface area contributed by atoms with Crippen molar-refractivity contribution in [1.82, 2.24) is 0 Å². The highest BCUT2D eigenvalue weighted by Gasteiger charge is 2.15. The van der Waals surface area contributed by atoms with Crippen LogP contribution in [-0.4, -0.2) is 16.4 Å². The summed E-state index contributed by atoms with van der Waals surface area (Å²) in [4.78, 5) is 18.1. The van der Waals surface area contributed by atoms with Crippen molar-refractivity contribution in [2.75, 3.05) is 6.61 Å². The van der Waals surface area contributed by atoms with Gasteiger partial charge in [0.15, 0.2) is 0 Å². The molecule has 2 aromatic rings. The van der Waals surface area contributed by atoms with Crippen LogP contribution >= 0.6 is 19.2 Å². The van der Waals surface area contributed by atoms with Gasteiger partial charge >= 0.3 is 7.60 Å². The topological polar surface area (TPSA) is 66.8 Å². The van der Waals surface area contributed by atoms with Gasteiger partial charge in [-0.1, -0.05) is 35.9 Å². The van der Waals surface area contributed by atoms with Gasteiger partial charge in [0.25, 0.3) is 0 Å². The van der Waals surface area contributed by atoms with E-state index in [0.29, 0.717) is 23.6 Å². The lowest BCUT2D eigenvalue weighted by Gasteiger charge is -2.10. The normalized spacial score (nSPS) is 11.5. The fraction of sp³-hybridized carbons (Fsp3) is 0.250. The van der Waals surface area contributed by atoms with E-state index in [1.54, 1.807) is 18.2 Å². The summed E-state index contributed by atoms with van der Waals surface area (Å²) in [7, 11) is -4.08. The molecular weight excluding hydrogens is 323 g/mol. The van der Waals surface area contributed by atoms with E-state index >= 15 is 0 Å². The quantitative estimate of drug-likeness (QED) is 0.780. The van der Waals surface area contributed by atoms with Crippen LogP contribution in [-0.2, 0) is 17.1 Å². The van der Waals surface area contributed by atoms with Gasteiger partial charge in [-0.15, -0.1) is 0 Å². The molecule has 0 radical (unpaired) electrons. The van der Waals surface area contributed by atoms with Gasteiger partial charge in [0.05, 0.1) is 12.8 Å². The molecule has 22 heavy (non-hydrogen) atoms. The molecule has 0 aliphatic carbocycles. The molecule has 0 aliphatic rings. The van der Waals surface area contributed by atoms with E-state index in [-0.39, 0.29) is 6.16 Å². The van der Waals surface area contributed by atoms with Crippen molar-refractivity contribution >= 4 is 19.2 Å². The van der Waals surface area contributed by atoms with Gasteiger partial charge in [0.1, 0.15) is 5.75 Å². The Balaban J connectivity index is 2.17. The van der Waals surface area contributed by atoms with Gasteiger partial charge in [-0.25, -0.2) is 0 Å². The zero-order chi connectivity index (χ0) is 16.2. The van der Waals surface area contributed by atoms with Crippen molar-refractivity contribution < 1.29 is 19.1 Å². The second kappa shape index (κ2) is 7.30. The first-order valence-corrected chi connectivity index (χ1v) is 9.08. The molecule has 0 saturated carbocycles. The monoisotopic (exact) mass is 340 g/mol. The fourth-order valence-corrected chi connectivity index (χ4v) is 3.05. The summed E-state index contributed by atoms with van der Waals surface area (Å²) in [6, 6.07) is 12.8. The molecule has 0 amide bonds. The predicted octanol–water partition coefficient (Wildman–Crippen LogP) is 4.01. The van der Waals surface area contributed by atoms with Crippen LogP contribution in [0, 0.1) is 0 Å². The second-order valence-corrected chi connectivity index (χ2v) is 7.06. The maximum Gasteiger partial charge on any atom is 0.329 e. The number of halogens is 1. The average Bonchev–Trinajstić information content (AvgIpc) is 2.43. The minimum Gasteiger partial charge on any atom is -0.494 e. The van der Waals surface area contributed by atoms with Crippen LogP contribution in [0.2, 0.25) is 5.02 Å². The van der Waals surface area contributed by atoms with E-state index < -0.39 is 7.60 Å². The molecule has 0 heterocycles. The third-order valence-corrected chi connectivity index (χ3v) is 4.27. The zero-order valence-corrected chi connectivity index (χ0v) is 13.8. The maximum atomic E-state index is 11.1. The molecule has 0 saturated heterocycles. The molecule has 0 atom stereocenters. The summed E-state index contributed by atoms with van der Waals surface area (Å²) in [6.45, 7) is 2.55. The highest BCUT2D eigenvalue weighted by atomic mass is 35.5. The Kier molecular flexibility index (Phi) is 5.65. The standard InChI is InChI=1S/C16H18ClO4P/c1-2-21-15-6-3-12(4-7-15)9-14-10-13(5-8-16(14)17)11-22(18,19)20/h3-8,10H,2,9,11H2,1H3,(H2,18,19,20). The Morgan fingerprint density at radius 1 is 1.09 bits per heavy atom. The first kappa shape index (κ1) is 17.0. The Hall–Kier alpha value is -1.32. The van der Waals surface area contributed by atoms with Gasteiger partial charge in [-0.3, -0.25) is 4.57 Å². The molecule has 0 fully saturated rings. The molecule has 2 N–H and O–H groups in total. The van der Waals surface area contributed by atoms with Crippen LogP contribution in [0.5, 0.6) is 5.75 Å². The van der Waals surface area contributed by atoms with E-state index in [4.69, 9.17) is 26.1 Å². The molecule has 2 rings (SSSR count). The Bertz CT molecular complexity index is 679. The third kappa shape index (κ3) is 5.15. The molecule has 0 aliphatic heterocycles. The summed E-state index contributed by atoms with van der Waals surface area (Å²) < 4.78 is 16.5. The smallest absolute Gasteiger partial charge is 0.329 e. The van der Waals surface area contributed by atoms with Crippen molar-refractivity contribution in [2.24, 2.45) is 0 Å². The highest BCUT2D eigenvalue weighted by Crippen LogP contribution is 2.39. The van der Waals surface area contributed by atoms with E-state index in [0.717, 1.165) is 16.9 Å². The molecule has 2 aromatic carbocycles. The lowest BCUT2D eigenvalue weighted by molar-refractivity contribution is 0.340. The number of ether oxygens (including phenoxy) is 1. The summed E-state index contributed by atoms with van der Waals surface area (Å²) in [5, 5.41) is 0.586. The highest BCUT2D eigenvalue weighted by molar-refractivity contribution is 7.50. The SMILES string of the molecule is CCOc1ccc(Cc2cc(CP(=O)(O)O)ccc2Cl)cc1. The number of benzene rings is 2. The van der Waals surface area contributed by atoms with E-state index in [2.05, 4.69) is 0 Å². The van der Waals surface area contributed by atoms with E-state index in [1.807, 2.05) is 31.2 Å². The van der Waals surface area contributed by atoms with Crippen LogP contribution in [0.4, 0.5) is 0 Å². The van der Waals surface area contributed by atoms with Crippen LogP contribution in [0.1, 0.15) is 23.6 Å². The Morgan fingerprint density at radius 3 is 2.32 bits per heavy atom. The van der Waals surface area contributed by atoms with Crippen molar-refractivity contribution in [1.29, 1.82) is 0 Å². The number of hydrogen-bond donors (Lipinski definition) is 2. The average molecular weight is 341 g/mol. The molecule has 0 spiro atoms. The maximum absolute atomic E-state index is 11.1. The van der Waals surface area contributed by atoms with Crippen LogP contribution in [0.3, 0.4) is 0 Å². The van der Waals surface area contributed by atoms with Gasteiger partial charge in [-0.05, 0) is 48.2 Å². The first-order valence-electron chi connectivity index (χ1n) is 6.91. The molecular formula is C16H18ClO4P. The van der Waals surface area contributed by atoms with Crippen LogP contribution in [0.25, 0.3) is 0 Å². The molecule has 6 heteroatoms. The van der Waals surface area contributed by atoms with Crippen molar-refractivity contribution in [3.05, 3.63) is 64.2 Å². The summed E-state index contributed by atoms with van der Waals surface area (Å²) in [6.07, 6.45) is 0.320. The summed E-state index contributed by atoms with van der Waals surface area (Å²) in [5.74, 6) is 0.813. The van der Waals surface area contributed by atoms with Gasteiger partial charge in [0, 0.05) is 5.02 Å². The van der Waals surface area contributed by atoms with Crippen molar-refractivity contribution in [3.8, 4) is 5.75 Å². The number of rotatable bonds is 6. The van der Waals surface area contributed by atoms with Gasteiger partial charge in [0.2, 0.25) is 0 Å². The summed E-state index contributed by atoms with van der Waals surface area (Å²) in [5.41, 5.74) is 2.48. The number of hydrogen-bond acceptors (Lipinski definition) is 2. The zero-order valence-electron chi connectivity index (χ0n) is 12.2. The van der Waals surface area contributed by atoms with Crippen LogP contribution < -0.4 is 4.74 Å². The molecule has 0 unspecified atom stereocenters. The third-order valence-electron chi connectivity index (χ3n) is 3.13. The largest absolute Gasteiger partial charge is 0.494 e. The van der Waals surface area contributed by atoms with Gasteiger partial charge in [-0.2, -0.15) is 0 Å². The minimum absolute atomic E-state index is 0.277. The predicted molar refractivity (Wildman–Crippen MR) is 87.6 cm³/mol. The van der Waals surface area contributed by atoms with Crippen molar-refractivity contribution in [3.63, 3.8) is 0 Å². The van der Waals surface area contributed by atoms with Gasteiger partial charge < -0.3 is 14.5 Å². The second-order valence-electron chi connectivity index (χ2n) is 5.00. The molecule has 0 aromatic heterocycles. The lowest BCUT2D eigenvalue weighted by atomic mass is 10.0. The van der Waals surface area contributed by atoms with Crippen LogP contribution in [0.15, 0.2) is 42.5 Å². The lowest BCUT2D eigenvalue weighted by Crippen LogP contribution is -1.95. The summed E-state index contributed by atoms with van der Waals surface area (Å²) >= 11 is 6.18. The first-order chi connectivity index (χ1) is 10.4.